The third kappa shape index (κ3) is 4.63. The van der Waals surface area contributed by atoms with E-state index in [0.29, 0.717) is 23.9 Å². The van der Waals surface area contributed by atoms with Gasteiger partial charge >= 0.3 is 0 Å². The monoisotopic (exact) mass is 408 g/mol. The minimum absolute atomic E-state index is 0.00934. The quantitative estimate of drug-likeness (QED) is 0.621. The van der Waals surface area contributed by atoms with Crippen molar-refractivity contribution in [2.45, 2.75) is 6.92 Å². The van der Waals surface area contributed by atoms with Crippen molar-refractivity contribution in [3.05, 3.63) is 71.0 Å². The van der Waals surface area contributed by atoms with Crippen LogP contribution in [0.4, 0.5) is 5.82 Å². The number of piperazine rings is 1. The zero-order valence-corrected chi connectivity index (χ0v) is 16.8. The van der Waals surface area contributed by atoms with Gasteiger partial charge < -0.3 is 9.80 Å². The first-order valence-electron chi connectivity index (χ1n) is 9.42. The van der Waals surface area contributed by atoms with Crippen LogP contribution in [0.3, 0.4) is 0 Å². The van der Waals surface area contributed by atoms with Crippen molar-refractivity contribution in [2.75, 3.05) is 31.1 Å². The molecular formula is C21H21ClN6O. The molecule has 1 amide bonds. The number of halogens is 1. The predicted octanol–water partition coefficient (Wildman–Crippen LogP) is 2.99. The summed E-state index contributed by atoms with van der Waals surface area (Å²) in [6.07, 6.45) is 5.28. The molecule has 148 valence electrons. The van der Waals surface area contributed by atoms with Gasteiger partial charge in [0.25, 0.3) is 0 Å². The molecule has 3 heterocycles. The topological polar surface area (TPSA) is 67.2 Å². The lowest BCUT2D eigenvalue weighted by Gasteiger charge is -2.34. The van der Waals surface area contributed by atoms with Gasteiger partial charge in [-0.3, -0.25) is 4.79 Å². The van der Waals surface area contributed by atoms with Crippen molar-refractivity contribution in [3.8, 4) is 5.82 Å². The van der Waals surface area contributed by atoms with Gasteiger partial charge in [-0.2, -0.15) is 5.10 Å². The summed E-state index contributed by atoms with van der Waals surface area (Å²) in [5, 5.41) is 13.6. The van der Waals surface area contributed by atoms with Crippen molar-refractivity contribution in [3.63, 3.8) is 0 Å². The highest BCUT2D eigenvalue weighted by molar-refractivity contribution is 6.30. The number of benzene rings is 1. The molecule has 1 saturated heterocycles. The predicted molar refractivity (Wildman–Crippen MR) is 113 cm³/mol. The Morgan fingerprint density at radius 2 is 1.66 bits per heavy atom. The van der Waals surface area contributed by atoms with Gasteiger partial charge in [-0.1, -0.05) is 23.7 Å². The van der Waals surface area contributed by atoms with Crippen LogP contribution < -0.4 is 4.90 Å². The number of aromatic nitrogens is 4. The van der Waals surface area contributed by atoms with E-state index in [9.17, 15) is 4.79 Å². The summed E-state index contributed by atoms with van der Waals surface area (Å²) in [6.45, 7) is 4.66. The first-order chi connectivity index (χ1) is 14.1. The molecule has 0 aliphatic carbocycles. The molecular weight excluding hydrogens is 388 g/mol. The van der Waals surface area contributed by atoms with E-state index in [1.807, 2.05) is 66.6 Å². The molecule has 1 aromatic carbocycles. The Bertz CT molecular complexity index is 1000. The van der Waals surface area contributed by atoms with Crippen molar-refractivity contribution >= 4 is 29.4 Å². The maximum atomic E-state index is 12.4. The zero-order chi connectivity index (χ0) is 20.2. The third-order valence-electron chi connectivity index (χ3n) is 4.80. The maximum Gasteiger partial charge on any atom is 0.246 e. The number of aryl methyl sites for hydroxylation is 1. The average molecular weight is 409 g/mol. The van der Waals surface area contributed by atoms with Gasteiger partial charge in [-0.05, 0) is 48.9 Å². The lowest BCUT2D eigenvalue weighted by molar-refractivity contribution is -0.126. The molecule has 0 N–H and O–H groups in total. The summed E-state index contributed by atoms with van der Waals surface area (Å²) in [5.74, 6) is 1.50. The number of carbonyl (C=O) groups is 1. The highest BCUT2D eigenvalue weighted by Crippen LogP contribution is 2.15. The summed E-state index contributed by atoms with van der Waals surface area (Å²) >= 11 is 5.88. The van der Waals surface area contributed by atoms with E-state index in [1.165, 1.54) is 0 Å². The summed E-state index contributed by atoms with van der Waals surface area (Å²) < 4.78 is 1.70. The fourth-order valence-electron chi connectivity index (χ4n) is 3.15. The smallest absolute Gasteiger partial charge is 0.246 e. The van der Waals surface area contributed by atoms with E-state index in [2.05, 4.69) is 20.2 Å². The molecule has 2 aromatic heterocycles. The van der Waals surface area contributed by atoms with Gasteiger partial charge in [0.2, 0.25) is 5.91 Å². The van der Waals surface area contributed by atoms with Gasteiger partial charge in [0.1, 0.15) is 0 Å². The van der Waals surface area contributed by atoms with Gasteiger partial charge in [-0.15, -0.1) is 10.2 Å². The molecule has 1 fully saturated rings. The molecule has 0 radical (unpaired) electrons. The van der Waals surface area contributed by atoms with Crippen LogP contribution in [0.1, 0.15) is 11.3 Å². The van der Waals surface area contributed by atoms with Crippen LogP contribution in [0.5, 0.6) is 0 Å². The van der Waals surface area contributed by atoms with Crippen LogP contribution in [0.15, 0.2) is 54.7 Å². The van der Waals surface area contributed by atoms with E-state index < -0.39 is 0 Å². The molecule has 4 rings (SSSR count). The lowest BCUT2D eigenvalue weighted by atomic mass is 10.2. The SMILES string of the molecule is Cc1ccn(-c2ccc(N3CCN(C(=O)/C=C/c4ccc(Cl)cc4)CC3)nn2)n1. The van der Waals surface area contributed by atoms with Crippen LogP contribution in [0, 0.1) is 6.92 Å². The van der Waals surface area contributed by atoms with Gasteiger partial charge in [-0.25, -0.2) is 4.68 Å². The van der Waals surface area contributed by atoms with Crippen molar-refractivity contribution in [2.24, 2.45) is 0 Å². The molecule has 1 aliphatic rings. The van der Waals surface area contributed by atoms with Crippen molar-refractivity contribution in [1.29, 1.82) is 0 Å². The second kappa shape index (κ2) is 8.45. The summed E-state index contributed by atoms with van der Waals surface area (Å²) in [4.78, 5) is 16.4. The Morgan fingerprint density at radius 1 is 0.966 bits per heavy atom. The Hall–Kier alpha value is -3.19. The molecule has 3 aromatic rings. The van der Waals surface area contributed by atoms with Gasteiger partial charge in [0.15, 0.2) is 11.6 Å². The number of amides is 1. The molecule has 1 aliphatic heterocycles. The molecule has 0 spiro atoms. The largest absolute Gasteiger partial charge is 0.352 e. The maximum absolute atomic E-state index is 12.4. The van der Waals surface area contributed by atoms with Crippen LogP contribution in [-0.4, -0.2) is 57.0 Å². The number of nitrogens with zero attached hydrogens (tertiary/aromatic N) is 6. The van der Waals surface area contributed by atoms with Crippen LogP contribution in [0.2, 0.25) is 5.02 Å². The number of rotatable bonds is 4. The second-order valence-electron chi connectivity index (χ2n) is 6.85. The summed E-state index contributed by atoms with van der Waals surface area (Å²) in [7, 11) is 0. The lowest BCUT2D eigenvalue weighted by Crippen LogP contribution is -2.48. The Kier molecular flexibility index (Phi) is 5.57. The number of hydrogen-bond donors (Lipinski definition) is 0. The van der Waals surface area contributed by atoms with E-state index in [1.54, 1.807) is 10.8 Å². The standard InChI is InChI=1S/C21H21ClN6O/c1-16-10-11-28(25-16)20-8-7-19(23-24-20)26-12-14-27(15-13-26)21(29)9-4-17-2-5-18(22)6-3-17/h2-11H,12-15H2,1H3/b9-4+. The van der Waals surface area contributed by atoms with E-state index >= 15 is 0 Å². The molecule has 0 atom stereocenters. The fraction of sp³-hybridized carbons (Fsp3) is 0.238. The highest BCUT2D eigenvalue weighted by atomic mass is 35.5. The zero-order valence-electron chi connectivity index (χ0n) is 16.1. The minimum Gasteiger partial charge on any atom is -0.352 e. The van der Waals surface area contributed by atoms with Crippen LogP contribution >= 0.6 is 11.6 Å². The normalized spacial score (nSPS) is 14.6. The first kappa shape index (κ1) is 19.1. The van der Waals surface area contributed by atoms with E-state index in [0.717, 1.165) is 30.2 Å². The summed E-state index contributed by atoms with van der Waals surface area (Å²) in [5.41, 5.74) is 1.88. The fourth-order valence-corrected chi connectivity index (χ4v) is 3.28. The van der Waals surface area contributed by atoms with E-state index in [-0.39, 0.29) is 5.91 Å². The Labute approximate surface area is 174 Å². The minimum atomic E-state index is 0.00934. The number of hydrogen-bond acceptors (Lipinski definition) is 5. The first-order valence-corrected chi connectivity index (χ1v) is 9.80. The number of carbonyl (C=O) groups excluding carboxylic acids is 1. The van der Waals surface area contributed by atoms with E-state index in [4.69, 9.17) is 11.6 Å². The van der Waals surface area contributed by atoms with Crippen LogP contribution in [0.25, 0.3) is 11.9 Å². The molecule has 0 unspecified atom stereocenters. The average Bonchev–Trinajstić information content (AvgIpc) is 3.20. The molecule has 7 nitrogen and oxygen atoms in total. The molecule has 29 heavy (non-hydrogen) atoms. The number of anilines is 1. The van der Waals surface area contributed by atoms with Gasteiger partial charge in [0, 0.05) is 43.5 Å². The van der Waals surface area contributed by atoms with Gasteiger partial charge in [0.05, 0.1) is 5.69 Å². The molecule has 0 saturated carbocycles. The second-order valence-corrected chi connectivity index (χ2v) is 7.29. The highest BCUT2D eigenvalue weighted by Gasteiger charge is 2.20. The molecule has 0 bridgehead atoms. The summed E-state index contributed by atoms with van der Waals surface area (Å²) in [6, 6.07) is 13.2. The third-order valence-corrected chi connectivity index (χ3v) is 5.05. The Morgan fingerprint density at radius 3 is 2.28 bits per heavy atom. The van der Waals surface area contributed by atoms with Crippen molar-refractivity contribution in [1.82, 2.24) is 24.9 Å². The van der Waals surface area contributed by atoms with Crippen LogP contribution in [-0.2, 0) is 4.79 Å². The van der Waals surface area contributed by atoms with Crippen molar-refractivity contribution < 1.29 is 4.79 Å². The Balaban J connectivity index is 1.33. The molecule has 8 heteroatoms.